The van der Waals surface area contributed by atoms with Gasteiger partial charge in [-0.15, -0.1) is 11.8 Å². The first kappa shape index (κ1) is 16.1. The van der Waals surface area contributed by atoms with Crippen LogP contribution in [-0.2, 0) is 10.2 Å². The molecule has 5 nitrogen and oxygen atoms in total. The van der Waals surface area contributed by atoms with Crippen LogP contribution in [0.15, 0.2) is 24.3 Å². The lowest BCUT2D eigenvalue weighted by molar-refractivity contribution is 0.143. The van der Waals surface area contributed by atoms with Gasteiger partial charge in [0.1, 0.15) is 10.4 Å². The van der Waals surface area contributed by atoms with Crippen LogP contribution in [0.5, 0.6) is 0 Å². The smallest absolute Gasteiger partial charge is 0.414 e. The predicted octanol–water partition coefficient (Wildman–Crippen LogP) is 2.80. The molecule has 1 aliphatic heterocycles. The lowest BCUT2D eigenvalue weighted by Gasteiger charge is -2.15. The molecule has 0 aromatic heterocycles. The monoisotopic (exact) mass is 347 g/mol. The third-order valence-electron chi connectivity index (χ3n) is 4.23. The highest BCUT2D eigenvalue weighted by Gasteiger charge is 2.44. The lowest BCUT2D eigenvalue weighted by atomic mass is 9.97. The molecule has 1 aromatic rings. The maximum absolute atomic E-state index is 12.0. The standard InChI is InChI=1S/C16H17N3O2S2/c1-23-14(22)18-8-13-9-19(15(20)21-13)12-4-2-11(3-5-12)16(10-17)6-7-16/h2-5,13H,6-9H2,1H3,(H,18,22)/t13-/m0/s1. The molecule has 1 amide bonds. The Morgan fingerprint density at radius 3 is 2.78 bits per heavy atom. The summed E-state index contributed by atoms with van der Waals surface area (Å²) in [6, 6.07) is 10.0. The zero-order valence-electron chi connectivity index (χ0n) is 12.7. The maximum Gasteiger partial charge on any atom is 0.414 e. The minimum absolute atomic E-state index is 0.221. The normalized spacial score (nSPS) is 21.5. The first-order chi connectivity index (χ1) is 11.1. The van der Waals surface area contributed by atoms with Crippen LogP contribution in [0.1, 0.15) is 18.4 Å². The molecule has 1 aromatic carbocycles. The van der Waals surface area contributed by atoms with Crippen LogP contribution in [0, 0.1) is 11.3 Å². The van der Waals surface area contributed by atoms with Gasteiger partial charge in [0.2, 0.25) is 0 Å². The van der Waals surface area contributed by atoms with Gasteiger partial charge in [-0.05, 0) is 36.8 Å². The van der Waals surface area contributed by atoms with Crippen LogP contribution in [0.3, 0.4) is 0 Å². The number of nitrogens with one attached hydrogen (secondary N) is 1. The van der Waals surface area contributed by atoms with Gasteiger partial charge in [0.05, 0.1) is 24.6 Å². The van der Waals surface area contributed by atoms with E-state index in [4.69, 9.17) is 17.0 Å². The molecule has 1 atom stereocenters. The van der Waals surface area contributed by atoms with Gasteiger partial charge in [0.15, 0.2) is 0 Å². The van der Waals surface area contributed by atoms with E-state index >= 15 is 0 Å². The molecular weight excluding hydrogens is 330 g/mol. The molecule has 3 rings (SSSR count). The topological polar surface area (TPSA) is 65.4 Å². The first-order valence-electron chi connectivity index (χ1n) is 7.40. The number of nitriles is 1. The van der Waals surface area contributed by atoms with E-state index in [-0.39, 0.29) is 17.6 Å². The van der Waals surface area contributed by atoms with Crippen molar-refractivity contribution in [3.8, 4) is 6.07 Å². The van der Waals surface area contributed by atoms with Gasteiger partial charge in [-0.25, -0.2) is 4.79 Å². The third-order valence-corrected chi connectivity index (χ3v) is 5.39. The van der Waals surface area contributed by atoms with Crippen molar-refractivity contribution in [2.45, 2.75) is 24.4 Å². The molecule has 2 fully saturated rings. The fourth-order valence-corrected chi connectivity index (χ4v) is 2.97. The Balaban J connectivity index is 1.64. The number of hydrogen-bond donors (Lipinski definition) is 1. The van der Waals surface area contributed by atoms with E-state index in [1.54, 1.807) is 4.90 Å². The number of hydrogen-bond acceptors (Lipinski definition) is 5. The second-order valence-corrected chi connectivity index (χ2v) is 7.21. The fourth-order valence-electron chi connectivity index (χ4n) is 2.66. The van der Waals surface area contributed by atoms with Crippen molar-refractivity contribution in [1.29, 1.82) is 5.26 Å². The molecule has 2 aliphatic rings. The summed E-state index contributed by atoms with van der Waals surface area (Å²) in [5, 5.41) is 12.3. The number of ether oxygens (including phenoxy) is 1. The average molecular weight is 347 g/mol. The Kier molecular flexibility index (Phi) is 4.46. The molecule has 1 aliphatic carbocycles. The summed E-state index contributed by atoms with van der Waals surface area (Å²) in [5.41, 5.74) is 1.52. The number of nitrogens with zero attached hydrogens (tertiary/aromatic N) is 2. The Morgan fingerprint density at radius 1 is 1.52 bits per heavy atom. The minimum atomic E-state index is -0.346. The van der Waals surface area contributed by atoms with Gasteiger partial charge in [-0.2, -0.15) is 5.26 Å². The molecule has 1 saturated heterocycles. The van der Waals surface area contributed by atoms with E-state index in [0.717, 1.165) is 24.1 Å². The van der Waals surface area contributed by atoms with Crippen molar-refractivity contribution in [2.75, 3.05) is 24.2 Å². The van der Waals surface area contributed by atoms with Gasteiger partial charge in [0.25, 0.3) is 0 Å². The number of benzene rings is 1. The Hall–Kier alpha value is -1.78. The van der Waals surface area contributed by atoms with E-state index in [1.807, 2.05) is 30.5 Å². The van der Waals surface area contributed by atoms with Gasteiger partial charge >= 0.3 is 6.09 Å². The summed E-state index contributed by atoms with van der Waals surface area (Å²) >= 11 is 6.54. The largest absolute Gasteiger partial charge is 0.442 e. The van der Waals surface area contributed by atoms with Crippen molar-refractivity contribution in [2.24, 2.45) is 0 Å². The third kappa shape index (κ3) is 3.28. The number of rotatable bonds is 4. The number of thiocarbonyl (C=S) groups is 1. The average Bonchev–Trinajstić information content (AvgIpc) is 3.30. The molecule has 23 heavy (non-hydrogen) atoms. The molecular formula is C16H17N3O2S2. The SMILES string of the molecule is CSC(=S)NC[C@H]1CN(c2ccc(C3(C#N)CC3)cc2)C(=O)O1. The second kappa shape index (κ2) is 6.38. The van der Waals surface area contributed by atoms with Crippen LogP contribution in [0.25, 0.3) is 0 Å². The van der Waals surface area contributed by atoms with Crippen LogP contribution in [0.4, 0.5) is 10.5 Å². The second-order valence-electron chi connectivity index (χ2n) is 5.73. The molecule has 0 bridgehead atoms. The van der Waals surface area contributed by atoms with E-state index in [0.29, 0.717) is 17.4 Å². The van der Waals surface area contributed by atoms with Gasteiger partial charge in [-0.1, -0.05) is 24.4 Å². The number of cyclic esters (lactones) is 1. The van der Waals surface area contributed by atoms with E-state index < -0.39 is 0 Å². The summed E-state index contributed by atoms with van der Waals surface area (Å²) in [6.07, 6.45) is 3.16. The molecule has 1 N–H and O–H groups in total. The summed E-state index contributed by atoms with van der Waals surface area (Å²) in [5.74, 6) is 0. The Labute approximate surface area is 145 Å². The number of thioether (sulfide) groups is 1. The van der Waals surface area contributed by atoms with Gasteiger partial charge in [-0.3, -0.25) is 4.90 Å². The van der Waals surface area contributed by atoms with E-state index in [2.05, 4.69) is 11.4 Å². The summed E-state index contributed by atoms with van der Waals surface area (Å²) in [4.78, 5) is 13.7. The molecule has 120 valence electrons. The number of amides is 1. The highest BCUT2D eigenvalue weighted by atomic mass is 32.2. The summed E-state index contributed by atoms with van der Waals surface area (Å²) < 4.78 is 6.05. The predicted molar refractivity (Wildman–Crippen MR) is 94.7 cm³/mol. The van der Waals surface area contributed by atoms with Gasteiger partial charge < -0.3 is 10.1 Å². The van der Waals surface area contributed by atoms with Crippen LogP contribution in [-0.4, -0.2) is 35.9 Å². The van der Waals surface area contributed by atoms with Crippen molar-refractivity contribution in [3.63, 3.8) is 0 Å². The van der Waals surface area contributed by atoms with Crippen LogP contribution in [0.2, 0.25) is 0 Å². The molecule has 1 saturated carbocycles. The lowest BCUT2D eigenvalue weighted by Crippen LogP contribution is -2.32. The number of carbonyl (C=O) groups is 1. The van der Waals surface area contributed by atoms with E-state index in [9.17, 15) is 10.1 Å². The highest BCUT2D eigenvalue weighted by Crippen LogP contribution is 2.47. The Morgan fingerprint density at radius 2 is 2.22 bits per heavy atom. The Bertz CT molecular complexity index is 665. The van der Waals surface area contributed by atoms with E-state index in [1.165, 1.54) is 11.8 Å². The summed E-state index contributed by atoms with van der Waals surface area (Å²) in [6.45, 7) is 1.00. The van der Waals surface area contributed by atoms with Crippen molar-refractivity contribution >= 4 is 40.1 Å². The molecule has 0 radical (unpaired) electrons. The van der Waals surface area contributed by atoms with Crippen LogP contribution < -0.4 is 10.2 Å². The molecule has 0 unspecified atom stereocenters. The molecule has 7 heteroatoms. The zero-order valence-corrected chi connectivity index (χ0v) is 14.4. The highest BCUT2D eigenvalue weighted by molar-refractivity contribution is 8.22. The van der Waals surface area contributed by atoms with Gasteiger partial charge in [0, 0.05) is 5.69 Å². The molecule has 1 heterocycles. The quantitative estimate of drug-likeness (QED) is 0.845. The van der Waals surface area contributed by atoms with Crippen molar-refractivity contribution in [3.05, 3.63) is 29.8 Å². The van der Waals surface area contributed by atoms with Crippen LogP contribution >= 0.6 is 24.0 Å². The van der Waals surface area contributed by atoms with Crippen molar-refractivity contribution < 1.29 is 9.53 Å². The number of carbonyl (C=O) groups excluding carboxylic acids is 1. The fraction of sp³-hybridized carbons (Fsp3) is 0.438. The maximum atomic E-state index is 12.0. The first-order valence-corrected chi connectivity index (χ1v) is 9.03. The minimum Gasteiger partial charge on any atom is -0.442 e. The van der Waals surface area contributed by atoms with Crippen molar-refractivity contribution in [1.82, 2.24) is 5.32 Å². The molecule has 0 spiro atoms. The summed E-state index contributed by atoms with van der Waals surface area (Å²) in [7, 11) is 0. The zero-order chi connectivity index (χ0) is 16.4. The number of anilines is 1.